The van der Waals surface area contributed by atoms with Crippen LogP contribution in [-0.4, -0.2) is 24.9 Å². The zero-order valence-electron chi connectivity index (χ0n) is 29.5. The van der Waals surface area contributed by atoms with E-state index in [9.17, 15) is 0 Å². The van der Waals surface area contributed by atoms with E-state index in [1.807, 2.05) is 72.8 Å². The molecule has 7 aromatic carbocycles. The lowest BCUT2D eigenvalue weighted by atomic mass is 10.0. The second-order valence-corrected chi connectivity index (χ2v) is 14.4. The Balaban J connectivity index is 1.08. The number of fused-ring (bicyclic) bond motifs is 3. The molecule has 3 heterocycles. The van der Waals surface area contributed by atoms with Crippen molar-refractivity contribution < 1.29 is 0 Å². The molecule has 0 aliphatic carbocycles. The van der Waals surface area contributed by atoms with Crippen LogP contribution >= 0.6 is 11.3 Å². The molecule has 0 saturated heterocycles. The normalized spacial score (nSPS) is 11.3. The van der Waals surface area contributed by atoms with E-state index in [0.29, 0.717) is 23.3 Å². The molecule has 0 fully saturated rings. The summed E-state index contributed by atoms with van der Waals surface area (Å²) < 4.78 is 2.46. The third-order valence-corrected chi connectivity index (χ3v) is 10.9. The molecule has 55 heavy (non-hydrogen) atoms. The van der Waals surface area contributed by atoms with E-state index < -0.39 is 0 Å². The second kappa shape index (κ2) is 14.0. The lowest BCUT2D eigenvalue weighted by Crippen LogP contribution is -2.00. The molecule has 258 valence electrons. The van der Waals surface area contributed by atoms with Gasteiger partial charge in [0.1, 0.15) is 0 Å². The quantitative estimate of drug-likeness (QED) is 0.164. The first-order valence-electron chi connectivity index (χ1n) is 18.2. The molecule has 0 radical (unpaired) electrons. The SMILES string of the molecule is c1ccc(-c2ccc(-c3cc(-c4ccccc4)nc(-c4cccc(-c5nc(-c6ccccc6)nc(-c6ccc7c(c6)sc6ccccc67)n5)c4)n3)cc2)cc1. The van der Waals surface area contributed by atoms with Crippen molar-refractivity contribution in [3.05, 3.63) is 188 Å². The first kappa shape index (κ1) is 32.5. The van der Waals surface area contributed by atoms with Crippen LogP contribution in [0.5, 0.6) is 0 Å². The number of benzene rings is 7. The Morgan fingerprint density at radius 3 is 1.33 bits per heavy atom. The van der Waals surface area contributed by atoms with Gasteiger partial charge in [-0.3, -0.25) is 0 Å². The maximum Gasteiger partial charge on any atom is 0.164 e. The fourth-order valence-electron chi connectivity index (χ4n) is 6.96. The van der Waals surface area contributed by atoms with Gasteiger partial charge in [0.25, 0.3) is 0 Å². The molecule has 10 aromatic rings. The molecular weight excluding hydrogens is 691 g/mol. The maximum atomic E-state index is 5.15. The zero-order chi connectivity index (χ0) is 36.6. The van der Waals surface area contributed by atoms with Gasteiger partial charge in [-0.1, -0.05) is 164 Å². The van der Waals surface area contributed by atoms with E-state index in [4.69, 9.17) is 24.9 Å². The van der Waals surface area contributed by atoms with Crippen LogP contribution in [0, 0.1) is 0 Å². The largest absolute Gasteiger partial charge is 0.228 e. The number of hydrogen-bond donors (Lipinski definition) is 0. The number of aromatic nitrogens is 5. The fourth-order valence-corrected chi connectivity index (χ4v) is 8.10. The van der Waals surface area contributed by atoms with Crippen LogP contribution in [0.1, 0.15) is 0 Å². The third-order valence-electron chi connectivity index (χ3n) is 9.77. The van der Waals surface area contributed by atoms with Gasteiger partial charge in [-0.25, -0.2) is 24.9 Å². The van der Waals surface area contributed by atoms with Gasteiger partial charge in [0.05, 0.1) is 11.4 Å². The van der Waals surface area contributed by atoms with Gasteiger partial charge in [0, 0.05) is 53.6 Å². The first-order chi connectivity index (χ1) is 27.2. The summed E-state index contributed by atoms with van der Waals surface area (Å²) in [6, 6.07) is 64.6. The van der Waals surface area contributed by atoms with E-state index in [0.717, 1.165) is 50.3 Å². The number of rotatable bonds is 7. The minimum absolute atomic E-state index is 0.582. The highest BCUT2D eigenvalue weighted by Gasteiger charge is 2.16. The van der Waals surface area contributed by atoms with E-state index >= 15 is 0 Å². The van der Waals surface area contributed by atoms with Crippen molar-refractivity contribution >= 4 is 31.5 Å². The van der Waals surface area contributed by atoms with Crippen molar-refractivity contribution in [2.75, 3.05) is 0 Å². The molecule has 3 aromatic heterocycles. The summed E-state index contributed by atoms with van der Waals surface area (Å²) in [5, 5.41) is 2.50. The van der Waals surface area contributed by atoms with Gasteiger partial charge in [-0.2, -0.15) is 0 Å². The van der Waals surface area contributed by atoms with Gasteiger partial charge in [0.15, 0.2) is 23.3 Å². The summed E-state index contributed by atoms with van der Waals surface area (Å²) in [7, 11) is 0. The Kier molecular flexibility index (Phi) is 8.28. The first-order valence-corrected chi connectivity index (χ1v) is 19.0. The van der Waals surface area contributed by atoms with Crippen LogP contribution in [0.3, 0.4) is 0 Å². The van der Waals surface area contributed by atoms with Crippen LogP contribution < -0.4 is 0 Å². The van der Waals surface area contributed by atoms with Gasteiger partial charge in [0.2, 0.25) is 0 Å². The van der Waals surface area contributed by atoms with Crippen molar-refractivity contribution in [1.29, 1.82) is 0 Å². The monoisotopic (exact) mass is 721 g/mol. The third kappa shape index (κ3) is 6.45. The molecule has 0 aliphatic heterocycles. The summed E-state index contributed by atoms with van der Waals surface area (Å²) in [4.78, 5) is 25.4. The van der Waals surface area contributed by atoms with E-state index in [1.165, 1.54) is 25.7 Å². The average molecular weight is 722 g/mol. The van der Waals surface area contributed by atoms with Crippen LogP contribution in [-0.2, 0) is 0 Å². The Morgan fingerprint density at radius 1 is 0.255 bits per heavy atom. The zero-order valence-corrected chi connectivity index (χ0v) is 30.4. The van der Waals surface area contributed by atoms with Gasteiger partial charge in [-0.15, -0.1) is 11.3 Å². The maximum absolute atomic E-state index is 5.15. The minimum Gasteiger partial charge on any atom is -0.228 e. The van der Waals surface area contributed by atoms with Crippen LogP contribution in [0.15, 0.2) is 188 Å². The van der Waals surface area contributed by atoms with Crippen LogP contribution in [0.4, 0.5) is 0 Å². The summed E-state index contributed by atoms with van der Waals surface area (Å²) in [5.41, 5.74) is 9.66. The molecule has 5 nitrogen and oxygen atoms in total. The highest BCUT2D eigenvalue weighted by molar-refractivity contribution is 7.25. The van der Waals surface area contributed by atoms with Crippen molar-refractivity contribution in [2.45, 2.75) is 0 Å². The molecule has 0 unspecified atom stereocenters. The molecule has 0 amide bonds. The molecule has 6 heteroatoms. The molecule has 0 aliphatic rings. The highest BCUT2D eigenvalue weighted by atomic mass is 32.1. The Hall–Kier alpha value is -7.15. The Bertz CT molecular complexity index is 2960. The number of nitrogens with zero attached hydrogens (tertiary/aromatic N) is 5. The molecular formula is C49H31N5S. The van der Waals surface area contributed by atoms with Crippen molar-refractivity contribution in [3.63, 3.8) is 0 Å². The second-order valence-electron chi connectivity index (χ2n) is 13.3. The van der Waals surface area contributed by atoms with Crippen molar-refractivity contribution in [2.24, 2.45) is 0 Å². The summed E-state index contributed by atoms with van der Waals surface area (Å²) in [6.07, 6.45) is 0. The molecule has 0 bridgehead atoms. The van der Waals surface area contributed by atoms with Crippen molar-refractivity contribution in [1.82, 2.24) is 24.9 Å². The van der Waals surface area contributed by atoms with Gasteiger partial charge >= 0.3 is 0 Å². The van der Waals surface area contributed by atoms with E-state index in [2.05, 4.69) is 115 Å². The highest BCUT2D eigenvalue weighted by Crippen LogP contribution is 2.37. The topological polar surface area (TPSA) is 64.5 Å². The van der Waals surface area contributed by atoms with Crippen LogP contribution in [0.2, 0.25) is 0 Å². The van der Waals surface area contributed by atoms with Gasteiger partial charge in [-0.05, 0) is 35.4 Å². The van der Waals surface area contributed by atoms with E-state index in [-0.39, 0.29) is 0 Å². The van der Waals surface area contributed by atoms with Crippen LogP contribution in [0.25, 0.3) is 99.4 Å². The minimum atomic E-state index is 0.582. The number of hydrogen-bond acceptors (Lipinski definition) is 6. The Labute approximate surface area is 322 Å². The fraction of sp³-hybridized carbons (Fsp3) is 0. The smallest absolute Gasteiger partial charge is 0.164 e. The van der Waals surface area contributed by atoms with Crippen molar-refractivity contribution in [3.8, 4) is 79.2 Å². The molecule has 0 saturated carbocycles. The summed E-state index contributed by atoms with van der Waals surface area (Å²) >= 11 is 1.78. The standard InChI is InChI=1S/C49H31N5S/c1-4-13-32(14-5-1)33-23-25-35(26-24-33)43-31-42(34-15-6-2-7-16-34)50-47(51-43)37-19-12-20-38(29-37)48-52-46(36-17-8-3-9-18-36)53-49(54-48)39-27-28-41-40-21-10-11-22-44(40)55-45(41)30-39/h1-31H. The van der Waals surface area contributed by atoms with E-state index in [1.54, 1.807) is 11.3 Å². The molecule has 0 atom stereocenters. The molecule has 0 N–H and O–H groups in total. The summed E-state index contributed by atoms with van der Waals surface area (Å²) in [6.45, 7) is 0. The summed E-state index contributed by atoms with van der Waals surface area (Å²) in [5.74, 6) is 2.44. The average Bonchev–Trinajstić information content (AvgIpc) is 3.65. The Morgan fingerprint density at radius 2 is 0.673 bits per heavy atom. The predicted octanol–water partition coefficient (Wildman–Crippen LogP) is 12.7. The molecule has 0 spiro atoms. The van der Waals surface area contributed by atoms with Gasteiger partial charge < -0.3 is 0 Å². The lowest BCUT2D eigenvalue weighted by Gasteiger charge is -2.12. The predicted molar refractivity (Wildman–Crippen MR) is 226 cm³/mol. The molecule has 10 rings (SSSR count). The number of thiophene rings is 1. The lowest BCUT2D eigenvalue weighted by molar-refractivity contribution is 1.07.